The number of hydrogen-bond acceptors (Lipinski definition) is 5. The zero-order chi connectivity index (χ0) is 19.3. The lowest BCUT2D eigenvalue weighted by atomic mass is 10.0. The first-order chi connectivity index (χ1) is 13.1. The summed E-state index contributed by atoms with van der Waals surface area (Å²) in [7, 11) is 0. The van der Waals surface area contributed by atoms with Gasteiger partial charge in [-0.2, -0.15) is 5.26 Å². The molecular weight excluding hydrogens is 382 g/mol. The second-order valence-electron chi connectivity index (χ2n) is 6.45. The van der Waals surface area contributed by atoms with Gasteiger partial charge in [-0.25, -0.2) is 0 Å². The Bertz CT molecular complexity index is 865. The summed E-state index contributed by atoms with van der Waals surface area (Å²) in [5.41, 5.74) is 0.181. The minimum absolute atomic E-state index is 0.162. The number of aromatic nitrogens is 3. The van der Waals surface area contributed by atoms with Crippen molar-refractivity contribution in [3.8, 4) is 17.5 Å². The lowest BCUT2D eigenvalue weighted by Gasteiger charge is -2.21. The lowest BCUT2D eigenvalue weighted by Crippen LogP contribution is -2.45. The normalized spacial score (nSPS) is 15.3. The largest absolute Gasteiger partial charge is 0.337 e. The van der Waals surface area contributed by atoms with Crippen molar-refractivity contribution < 1.29 is 4.79 Å². The summed E-state index contributed by atoms with van der Waals surface area (Å²) in [6.45, 7) is 4.31. The van der Waals surface area contributed by atoms with Gasteiger partial charge in [-0.3, -0.25) is 9.36 Å². The molecule has 27 heavy (non-hydrogen) atoms. The van der Waals surface area contributed by atoms with Crippen molar-refractivity contribution >= 4 is 29.3 Å². The Morgan fingerprint density at radius 3 is 2.70 bits per heavy atom. The van der Waals surface area contributed by atoms with Gasteiger partial charge in [-0.15, -0.1) is 16.8 Å². The van der Waals surface area contributed by atoms with Crippen molar-refractivity contribution in [1.82, 2.24) is 20.1 Å². The zero-order valence-electron chi connectivity index (χ0n) is 14.8. The van der Waals surface area contributed by atoms with Crippen molar-refractivity contribution in [3.05, 3.63) is 41.9 Å². The van der Waals surface area contributed by atoms with Crippen molar-refractivity contribution in [1.29, 1.82) is 5.26 Å². The second-order valence-corrected chi connectivity index (χ2v) is 7.83. The van der Waals surface area contributed by atoms with Crippen molar-refractivity contribution in [2.75, 3.05) is 5.75 Å². The number of amides is 1. The number of carbonyl (C=O) groups is 1. The van der Waals surface area contributed by atoms with Crippen molar-refractivity contribution in [3.63, 3.8) is 0 Å². The highest BCUT2D eigenvalue weighted by molar-refractivity contribution is 7.99. The number of benzene rings is 1. The zero-order valence-corrected chi connectivity index (χ0v) is 16.4. The molecule has 1 fully saturated rings. The van der Waals surface area contributed by atoms with Gasteiger partial charge in [0.25, 0.3) is 0 Å². The van der Waals surface area contributed by atoms with Crippen LogP contribution in [0.5, 0.6) is 0 Å². The van der Waals surface area contributed by atoms with E-state index in [0.717, 1.165) is 18.4 Å². The number of allylic oxidation sites excluding steroid dienone is 1. The number of nitrogens with one attached hydrogen (secondary N) is 1. The molecule has 1 heterocycles. The highest BCUT2D eigenvalue weighted by Gasteiger charge is 2.35. The molecule has 0 radical (unpaired) electrons. The van der Waals surface area contributed by atoms with E-state index in [1.807, 2.05) is 16.7 Å². The maximum atomic E-state index is 12.3. The fourth-order valence-corrected chi connectivity index (χ4v) is 4.05. The first-order valence-electron chi connectivity index (χ1n) is 8.72. The number of rotatable bonds is 7. The van der Waals surface area contributed by atoms with Crippen LogP contribution < -0.4 is 5.32 Å². The molecule has 0 bridgehead atoms. The van der Waals surface area contributed by atoms with Gasteiger partial charge in [0.15, 0.2) is 11.0 Å². The molecule has 6 nitrogen and oxygen atoms in total. The monoisotopic (exact) mass is 401 g/mol. The molecule has 1 aromatic heterocycles. The van der Waals surface area contributed by atoms with Gasteiger partial charge in [-0.1, -0.05) is 29.4 Å². The van der Waals surface area contributed by atoms with Crippen LogP contribution in [0.3, 0.4) is 0 Å². The maximum Gasteiger partial charge on any atom is 0.231 e. The van der Waals surface area contributed by atoms with Gasteiger partial charge in [0.1, 0.15) is 5.54 Å². The molecule has 8 heteroatoms. The molecule has 1 aliphatic rings. The van der Waals surface area contributed by atoms with Crippen LogP contribution in [-0.4, -0.2) is 32.0 Å². The van der Waals surface area contributed by atoms with Crippen LogP contribution in [0.1, 0.15) is 25.7 Å². The Morgan fingerprint density at radius 2 is 2.07 bits per heavy atom. The molecular formula is C19H20ClN5OS. The van der Waals surface area contributed by atoms with Gasteiger partial charge in [0, 0.05) is 17.1 Å². The number of thioether (sulfide) groups is 1. The van der Waals surface area contributed by atoms with E-state index in [-0.39, 0.29) is 11.7 Å². The quantitative estimate of drug-likeness (QED) is 0.563. The summed E-state index contributed by atoms with van der Waals surface area (Å²) in [6, 6.07) is 9.62. The third-order valence-corrected chi connectivity index (χ3v) is 5.73. The van der Waals surface area contributed by atoms with Crippen LogP contribution in [-0.2, 0) is 11.3 Å². The highest BCUT2D eigenvalue weighted by atomic mass is 35.5. The number of carbonyl (C=O) groups excluding carboxylic acids is 1. The number of halogens is 1. The Balaban J connectivity index is 1.71. The summed E-state index contributed by atoms with van der Waals surface area (Å²) in [5, 5.41) is 22.1. The van der Waals surface area contributed by atoms with E-state index in [0.29, 0.717) is 35.4 Å². The number of nitriles is 1. The van der Waals surface area contributed by atoms with Crippen LogP contribution >= 0.6 is 23.4 Å². The molecule has 0 unspecified atom stereocenters. The molecule has 1 aliphatic carbocycles. The molecule has 0 saturated heterocycles. The molecule has 0 spiro atoms. The van der Waals surface area contributed by atoms with Crippen LogP contribution in [0.4, 0.5) is 0 Å². The number of nitrogens with zero attached hydrogens (tertiary/aromatic N) is 4. The maximum absolute atomic E-state index is 12.3. The SMILES string of the molecule is C=CCn1c(SCC(=O)NC2(C#N)CCCC2)nnc1-c1ccc(Cl)cc1. The topological polar surface area (TPSA) is 83.6 Å². The molecule has 1 N–H and O–H groups in total. The first-order valence-corrected chi connectivity index (χ1v) is 10.1. The van der Waals surface area contributed by atoms with E-state index >= 15 is 0 Å². The summed E-state index contributed by atoms with van der Waals surface area (Å²) < 4.78 is 1.91. The van der Waals surface area contributed by atoms with E-state index in [2.05, 4.69) is 28.2 Å². The Kier molecular flexibility index (Phi) is 6.19. The average molecular weight is 402 g/mol. The van der Waals surface area contributed by atoms with Crippen LogP contribution in [0.2, 0.25) is 5.02 Å². The molecule has 1 amide bonds. The minimum Gasteiger partial charge on any atom is -0.337 e. The van der Waals surface area contributed by atoms with Crippen LogP contribution in [0.25, 0.3) is 11.4 Å². The second kappa shape index (κ2) is 8.59. The number of hydrogen-bond donors (Lipinski definition) is 1. The Hall–Kier alpha value is -2.30. The molecule has 0 aliphatic heterocycles. The molecule has 2 aromatic rings. The van der Waals surface area contributed by atoms with E-state index in [1.54, 1.807) is 18.2 Å². The van der Waals surface area contributed by atoms with Gasteiger partial charge in [0.2, 0.25) is 5.91 Å². The molecule has 0 atom stereocenters. The smallest absolute Gasteiger partial charge is 0.231 e. The van der Waals surface area contributed by atoms with Crippen molar-refractivity contribution in [2.24, 2.45) is 0 Å². The van der Waals surface area contributed by atoms with Gasteiger partial charge < -0.3 is 5.32 Å². The predicted octanol–water partition coefficient (Wildman–Crippen LogP) is 3.83. The fraction of sp³-hybridized carbons (Fsp3) is 0.368. The molecule has 140 valence electrons. The molecule has 1 aromatic carbocycles. The predicted molar refractivity (Wildman–Crippen MR) is 106 cm³/mol. The standard InChI is InChI=1S/C19H20ClN5OS/c1-2-11-25-17(14-5-7-15(20)8-6-14)23-24-18(25)27-12-16(26)22-19(13-21)9-3-4-10-19/h2,5-8H,1,3-4,9-12H2,(H,22,26). The minimum atomic E-state index is -0.707. The third-order valence-electron chi connectivity index (χ3n) is 4.51. The average Bonchev–Trinajstić information content (AvgIpc) is 3.29. The van der Waals surface area contributed by atoms with Crippen LogP contribution in [0.15, 0.2) is 42.1 Å². The summed E-state index contributed by atoms with van der Waals surface area (Å²) in [4.78, 5) is 12.3. The van der Waals surface area contributed by atoms with Gasteiger partial charge in [0.05, 0.1) is 11.8 Å². The lowest BCUT2D eigenvalue weighted by molar-refractivity contribution is -0.119. The fourth-order valence-electron chi connectivity index (χ4n) is 3.18. The van der Waals surface area contributed by atoms with Crippen molar-refractivity contribution in [2.45, 2.75) is 42.9 Å². The summed E-state index contributed by atoms with van der Waals surface area (Å²) >= 11 is 7.25. The molecule has 1 saturated carbocycles. The Labute approximate surface area is 167 Å². The van der Waals surface area contributed by atoms with E-state index < -0.39 is 5.54 Å². The molecule has 3 rings (SSSR count). The highest BCUT2D eigenvalue weighted by Crippen LogP contribution is 2.29. The van der Waals surface area contributed by atoms with E-state index in [9.17, 15) is 10.1 Å². The summed E-state index contributed by atoms with van der Waals surface area (Å²) in [6.07, 6.45) is 5.13. The van der Waals surface area contributed by atoms with E-state index in [1.165, 1.54) is 11.8 Å². The van der Waals surface area contributed by atoms with E-state index in [4.69, 9.17) is 11.6 Å². The van der Waals surface area contributed by atoms with Crippen LogP contribution in [0, 0.1) is 11.3 Å². The van der Waals surface area contributed by atoms with Gasteiger partial charge in [-0.05, 0) is 49.9 Å². The van der Waals surface area contributed by atoms with Gasteiger partial charge >= 0.3 is 0 Å². The Morgan fingerprint density at radius 1 is 1.37 bits per heavy atom. The first kappa shape index (κ1) is 19.5. The summed E-state index contributed by atoms with van der Waals surface area (Å²) in [5.74, 6) is 0.711. The third kappa shape index (κ3) is 4.52.